The second-order valence-electron chi connectivity index (χ2n) is 5.23. The highest BCUT2D eigenvalue weighted by molar-refractivity contribution is 7.22. The molecule has 0 saturated carbocycles. The lowest BCUT2D eigenvalue weighted by Crippen LogP contribution is -2.30. The third-order valence-corrected chi connectivity index (χ3v) is 4.32. The van der Waals surface area contributed by atoms with E-state index in [-0.39, 0.29) is 10.6 Å². The molecule has 1 unspecified atom stereocenters. The van der Waals surface area contributed by atoms with Gasteiger partial charge in [-0.3, -0.25) is 10.1 Å². The van der Waals surface area contributed by atoms with Gasteiger partial charge in [-0.2, -0.15) is 13.2 Å². The molecule has 8 heteroatoms. The van der Waals surface area contributed by atoms with Crippen LogP contribution in [-0.4, -0.2) is 17.0 Å². The molecule has 0 saturated heterocycles. The molecule has 2 aromatic carbocycles. The Bertz CT molecular complexity index is 894. The zero-order valence-corrected chi connectivity index (χ0v) is 13.8. The van der Waals surface area contributed by atoms with Crippen molar-refractivity contribution in [3.63, 3.8) is 0 Å². The van der Waals surface area contributed by atoms with Crippen LogP contribution in [0.5, 0.6) is 5.75 Å². The summed E-state index contributed by atoms with van der Waals surface area (Å²) in [5, 5.41) is 2.60. The molecule has 0 fully saturated rings. The predicted octanol–water partition coefficient (Wildman–Crippen LogP) is 4.72. The number of rotatable bonds is 4. The minimum Gasteiger partial charge on any atom is -0.481 e. The van der Waals surface area contributed by atoms with Crippen molar-refractivity contribution in [3.05, 3.63) is 54.1 Å². The number of amides is 1. The van der Waals surface area contributed by atoms with Crippen LogP contribution in [0.4, 0.5) is 18.3 Å². The van der Waals surface area contributed by atoms with Gasteiger partial charge in [0.2, 0.25) is 0 Å². The maximum absolute atomic E-state index is 13.0. The van der Waals surface area contributed by atoms with Crippen molar-refractivity contribution in [2.45, 2.75) is 19.2 Å². The van der Waals surface area contributed by atoms with Gasteiger partial charge in [0.1, 0.15) is 5.75 Å². The summed E-state index contributed by atoms with van der Waals surface area (Å²) in [6.07, 6.45) is -5.32. The molecule has 130 valence electrons. The van der Waals surface area contributed by atoms with E-state index in [0.717, 1.165) is 17.4 Å². The highest BCUT2D eigenvalue weighted by atomic mass is 32.1. The van der Waals surface area contributed by atoms with Crippen LogP contribution in [0.3, 0.4) is 0 Å². The van der Waals surface area contributed by atoms with Crippen LogP contribution in [0, 0.1) is 0 Å². The Balaban J connectivity index is 1.77. The first-order valence-corrected chi connectivity index (χ1v) is 8.15. The van der Waals surface area contributed by atoms with Crippen molar-refractivity contribution >= 4 is 32.6 Å². The minimum absolute atomic E-state index is 0.0974. The molecule has 0 radical (unpaired) electrons. The number of benzene rings is 2. The lowest BCUT2D eigenvalue weighted by atomic mass is 10.2. The second-order valence-corrected chi connectivity index (χ2v) is 6.26. The SMILES string of the molecule is CC(Oc1ccccc1)C(=O)Nc1nc2c(C(F)(F)F)cccc2s1. The van der Waals surface area contributed by atoms with E-state index < -0.39 is 23.8 Å². The molecule has 3 aromatic rings. The van der Waals surface area contributed by atoms with Crippen molar-refractivity contribution in [1.82, 2.24) is 4.98 Å². The summed E-state index contributed by atoms with van der Waals surface area (Å²) >= 11 is 0.981. The number of hydrogen-bond acceptors (Lipinski definition) is 4. The molecule has 0 spiro atoms. The largest absolute Gasteiger partial charge is 0.481 e. The maximum atomic E-state index is 13.0. The molecule has 3 rings (SSSR count). The van der Waals surface area contributed by atoms with E-state index in [1.54, 1.807) is 31.2 Å². The number of nitrogens with zero attached hydrogens (tertiary/aromatic N) is 1. The fourth-order valence-corrected chi connectivity index (χ4v) is 3.09. The summed E-state index contributed by atoms with van der Waals surface area (Å²) in [6.45, 7) is 1.55. The highest BCUT2D eigenvalue weighted by Gasteiger charge is 2.33. The number of carbonyl (C=O) groups is 1. The van der Waals surface area contributed by atoms with Crippen LogP contribution in [0.2, 0.25) is 0 Å². The Morgan fingerprint density at radius 2 is 1.88 bits per heavy atom. The Morgan fingerprint density at radius 1 is 1.16 bits per heavy atom. The van der Waals surface area contributed by atoms with Gasteiger partial charge in [0.15, 0.2) is 11.2 Å². The molecular formula is C17H13F3N2O2S. The quantitative estimate of drug-likeness (QED) is 0.727. The number of thiazole rings is 1. The van der Waals surface area contributed by atoms with E-state index >= 15 is 0 Å². The van der Waals surface area contributed by atoms with Gasteiger partial charge in [-0.05, 0) is 31.2 Å². The van der Waals surface area contributed by atoms with Gasteiger partial charge in [0, 0.05) is 0 Å². The average molecular weight is 366 g/mol. The molecule has 0 aliphatic carbocycles. The number of anilines is 1. The zero-order chi connectivity index (χ0) is 18.0. The Kier molecular flexibility index (Phi) is 4.63. The molecule has 1 N–H and O–H groups in total. The van der Waals surface area contributed by atoms with Crippen LogP contribution < -0.4 is 10.1 Å². The van der Waals surface area contributed by atoms with Crippen LogP contribution in [0.15, 0.2) is 48.5 Å². The van der Waals surface area contributed by atoms with Crippen LogP contribution in [0.1, 0.15) is 12.5 Å². The number of ether oxygens (including phenoxy) is 1. The van der Waals surface area contributed by atoms with Crippen LogP contribution in [-0.2, 0) is 11.0 Å². The maximum Gasteiger partial charge on any atom is 0.418 e. The summed E-state index contributed by atoms with van der Waals surface area (Å²) in [6, 6.07) is 12.6. The summed E-state index contributed by atoms with van der Waals surface area (Å²) < 4.78 is 44.9. The molecule has 0 aliphatic heterocycles. The number of nitrogens with one attached hydrogen (secondary N) is 1. The molecule has 1 atom stereocenters. The normalized spacial score (nSPS) is 12.8. The van der Waals surface area contributed by atoms with Gasteiger partial charge < -0.3 is 4.74 Å². The number of para-hydroxylation sites is 2. The van der Waals surface area contributed by atoms with Gasteiger partial charge in [-0.15, -0.1) is 0 Å². The third-order valence-electron chi connectivity index (χ3n) is 3.38. The van der Waals surface area contributed by atoms with Gasteiger partial charge >= 0.3 is 6.18 Å². The highest BCUT2D eigenvalue weighted by Crippen LogP contribution is 2.37. The summed E-state index contributed by atoms with van der Waals surface area (Å²) in [4.78, 5) is 16.1. The van der Waals surface area contributed by atoms with Crippen molar-refractivity contribution < 1.29 is 22.7 Å². The zero-order valence-electron chi connectivity index (χ0n) is 13.0. The Hall–Kier alpha value is -2.61. The van der Waals surface area contributed by atoms with Crippen molar-refractivity contribution in [1.29, 1.82) is 0 Å². The molecule has 1 heterocycles. The first-order chi connectivity index (χ1) is 11.8. The monoisotopic (exact) mass is 366 g/mol. The van der Waals surface area contributed by atoms with Gasteiger partial charge in [-0.25, -0.2) is 4.98 Å². The number of carbonyl (C=O) groups excluding carboxylic acids is 1. The van der Waals surface area contributed by atoms with E-state index in [0.29, 0.717) is 10.4 Å². The summed E-state index contributed by atoms with van der Waals surface area (Å²) in [5.74, 6) is 0.0327. The van der Waals surface area contributed by atoms with Crippen molar-refractivity contribution in [3.8, 4) is 5.75 Å². The fraction of sp³-hybridized carbons (Fsp3) is 0.176. The van der Waals surface area contributed by atoms with Gasteiger partial charge in [-0.1, -0.05) is 35.6 Å². The Labute approximate surface area is 145 Å². The summed E-state index contributed by atoms with van der Waals surface area (Å²) in [7, 11) is 0. The van der Waals surface area contributed by atoms with E-state index in [9.17, 15) is 18.0 Å². The number of aromatic nitrogens is 1. The number of fused-ring (bicyclic) bond motifs is 1. The molecule has 0 bridgehead atoms. The first kappa shape index (κ1) is 17.2. The number of hydrogen-bond donors (Lipinski definition) is 1. The van der Waals surface area contributed by atoms with Gasteiger partial charge in [0.05, 0.1) is 15.8 Å². The predicted molar refractivity (Wildman–Crippen MR) is 89.8 cm³/mol. The molecule has 1 amide bonds. The fourth-order valence-electron chi connectivity index (χ4n) is 2.19. The number of halogens is 3. The van der Waals surface area contributed by atoms with Gasteiger partial charge in [0.25, 0.3) is 5.91 Å². The van der Waals surface area contributed by atoms with E-state index in [2.05, 4.69) is 10.3 Å². The second kappa shape index (κ2) is 6.72. The lowest BCUT2D eigenvalue weighted by molar-refractivity contribution is -0.136. The molecule has 1 aromatic heterocycles. The number of alkyl halides is 3. The minimum atomic E-state index is -4.50. The van der Waals surface area contributed by atoms with E-state index in [1.165, 1.54) is 12.1 Å². The van der Waals surface area contributed by atoms with E-state index in [4.69, 9.17) is 4.74 Å². The van der Waals surface area contributed by atoms with E-state index in [1.807, 2.05) is 6.07 Å². The van der Waals surface area contributed by atoms with Crippen molar-refractivity contribution in [2.24, 2.45) is 0 Å². The topological polar surface area (TPSA) is 51.2 Å². The molecular weight excluding hydrogens is 353 g/mol. The van der Waals surface area contributed by atoms with Crippen molar-refractivity contribution in [2.75, 3.05) is 5.32 Å². The summed E-state index contributed by atoms with van der Waals surface area (Å²) in [5.41, 5.74) is -0.998. The first-order valence-electron chi connectivity index (χ1n) is 7.34. The molecule has 25 heavy (non-hydrogen) atoms. The lowest BCUT2D eigenvalue weighted by Gasteiger charge is -2.13. The van der Waals surface area contributed by atoms with Crippen LogP contribution >= 0.6 is 11.3 Å². The third kappa shape index (κ3) is 3.90. The molecule has 4 nitrogen and oxygen atoms in total. The average Bonchev–Trinajstić information content (AvgIpc) is 2.96. The molecule has 0 aliphatic rings. The standard InChI is InChI=1S/C17H13F3N2O2S/c1-10(24-11-6-3-2-4-7-11)15(23)22-16-21-14-12(17(18,19)20)8-5-9-13(14)25-16/h2-10H,1H3,(H,21,22,23). The Morgan fingerprint density at radius 3 is 2.56 bits per heavy atom. The smallest absolute Gasteiger partial charge is 0.418 e. The van der Waals surface area contributed by atoms with Crippen LogP contribution in [0.25, 0.3) is 10.2 Å².